The lowest BCUT2D eigenvalue weighted by Crippen LogP contribution is -2.25. The number of phenolic OH excluding ortho intramolecular Hbond substituents is 2. The van der Waals surface area contributed by atoms with Crippen LogP contribution in [0.4, 0.5) is 0 Å². The zero-order valence-corrected chi connectivity index (χ0v) is 19.7. The number of nitrogens with zero attached hydrogens (tertiary/aromatic N) is 1. The average Bonchev–Trinajstić information content (AvgIpc) is 3.25. The highest BCUT2D eigenvalue weighted by molar-refractivity contribution is 5.95. The molecule has 2 N–H and O–H groups in total. The van der Waals surface area contributed by atoms with Crippen molar-refractivity contribution < 1.29 is 19.7 Å². The normalized spacial score (nSPS) is 20.2. The minimum atomic E-state index is -0.348. The Bertz CT molecular complexity index is 1200. The molecule has 5 rings (SSSR count). The van der Waals surface area contributed by atoms with Crippen LogP contribution in [0.5, 0.6) is 23.0 Å². The summed E-state index contributed by atoms with van der Waals surface area (Å²) in [6.45, 7) is 8.27. The first-order valence-corrected chi connectivity index (χ1v) is 11.9. The van der Waals surface area contributed by atoms with Gasteiger partial charge in [0.2, 0.25) is 0 Å². The number of hydrogen-bond donors (Lipinski definition) is 2. The van der Waals surface area contributed by atoms with E-state index in [1.807, 2.05) is 43.3 Å². The van der Waals surface area contributed by atoms with E-state index in [-0.39, 0.29) is 17.6 Å². The molecule has 0 amide bonds. The Morgan fingerprint density at radius 1 is 1.00 bits per heavy atom. The van der Waals surface area contributed by atoms with E-state index in [2.05, 4.69) is 11.8 Å². The van der Waals surface area contributed by atoms with Crippen LogP contribution in [-0.4, -0.2) is 41.4 Å². The number of phenols is 2. The zero-order valence-electron chi connectivity index (χ0n) is 19.7. The van der Waals surface area contributed by atoms with Gasteiger partial charge in [0.05, 0.1) is 0 Å². The standard InChI is InChI=1S/C29H31NO4/c1-19-12-13-30(18-19)14-15-33-25-9-6-21(7-10-25)29-28(22-4-3-5-23(31)16-22)20(2)26-17-24(32)8-11-27(26)34-29/h3-11,16-17,19,29,31-32H,12-15,18H2,1-2H3/t19-,29?/m0/s1. The monoisotopic (exact) mass is 457 g/mol. The van der Waals surface area contributed by atoms with Gasteiger partial charge >= 0.3 is 0 Å². The fourth-order valence-corrected chi connectivity index (χ4v) is 4.98. The number of ether oxygens (including phenoxy) is 2. The van der Waals surface area contributed by atoms with Crippen molar-refractivity contribution in [3.05, 3.63) is 83.4 Å². The quantitative estimate of drug-likeness (QED) is 0.484. The molecule has 1 fully saturated rings. The number of rotatable bonds is 6. The van der Waals surface area contributed by atoms with E-state index in [9.17, 15) is 10.2 Å². The molecule has 2 atom stereocenters. The highest BCUT2D eigenvalue weighted by Crippen LogP contribution is 2.47. The van der Waals surface area contributed by atoms with Gasteiger partial charge in [0, 0.05) is 24.2 Å². The predicted molar refractivity (Wildman–Crippen MR) is 134 cm³/mol. The molecule has 3 aromatic rings. The molecule has 176 valence electrons. The van der Waals surface area contributed by atoms with Crippen molar-refractivity contribution in [2.75, 3.05) is 26.2 Å². The first-order valence-electron chi connectivity index (χ1n) is 11.9. The van der Waals surface area contributed by atoms with Crippen LogP contribution < -0.4 is 9.47 Å². The van der Waals surface area contributed by atoms with Gasteiger partial charge in [0.25, 0.3) is 0 Å². The number of hydrogen-bond acceptors (Lipinski definition) is 5. The molecule has 5 heteroatoms. The minimum Gasteiger partial charge on any atom is -0.508 e. The number of fused-ring (bicyclic) bond motifs is 1. The van der Waals surface area contributed by atoms with Gasteiger partial charge in [-0.05, 0) is 85.0 Å². The van der Waals surface area contributed by atoms with Crippen LogP contribution in [0.3, 0.4) is 0 Å². The molecule has 0 saturated carbocycles. The van der Waals surface area contributed by atoms with Crippen molar-refractivity contribution in [1.29, 1.82) is 0 Å². The summed E-state index contributed by atoms with van der Waals surface area (Å²) in [6, 6.07) is 20.4. The number of benzene rings is 3. The van der Waals surface area contributed by atoms with E-state index >= 15 is 0 Å². The summed E-state index contributed by atoms with van der Waals surface area (Å²) >= 11 is 0. The lowest BCUT2D eigenvalue weighted by molar-refractivity contribution is 0.233. The Balaban J connectivity index is 1.40. The smallest absolute Gasteiger partial charge is 0.150 e. The van der Waals surface area contributed by atoms with Gasteiger partial charge in [-0.25, -0.2) is 0 Å². The van der Waals surface area contributed by atoms with E-state index in [0.29, 0.717) is 6.61 Å². The summed E-state index contributed by atoms with van der Waals surface area (Å²) in [5, 5.41) is 20.2. The van der Waals surface area contributed by atoms with Gasteiger partial charge in [0.15, 0.2) is 0 Å². The Hall–Kier alpha value is -3.44. The molecule has 0 aromatic heterocycles. The summed E-state index contributed by atoms with van der Waals surface area (Å²) in [4.78, 5) is 2.46. The number of likely N-dealkylation sites (tertiary alicyclic amines) is 1. The lowest BCUT2D eigenvalue weighted by atomic mass is 9.86. The van der Waals surface area contributed by atoms with Crippen molar-refractivity contribution in [2.45, 2.75) is 26.4 Å². The molecule has 2 heterocycles. The third-order valence-electron chi connectivity index (χ3n) is 6.80. The third-order valence-corrected chi connectivity index (χ3v) is 6.80. The lowest BCUT2D eigenvalue weighted by Gasteiger charge is -2.31. The number of aromatic hydroxyl groups is 2. The highest BCUT2D eigenvalue weighted by Gasteiger charge is 2.29. The summed E-state index contributed by atoms with van der Waals surface area (Å²) < 4.78 is 12.5. The molecular weight excluding hydrogens is 426 g/mol. The summed E-state index contributed by atoms with van der Waals surface area (Å²) in [7, 11) is 0. The molecule has 2 aliphatic heterocycles. The van der Waals surface area contributed by atoms with Gasteiger partial charge in [-0.15, -0.1) is 0 Å². The van der Waals surface area contributed by atoms with Crippen LogP contribution in [0.25, 0.3) is 11.1 Å². The molecule has 0 aliphatic carbocycles. The topological polar surface area (TPSA) is 62.2 Å². The molecule has 5 nitrogen and oxygen atoms in total. The third kappa shape index (κ3) is 4.62. The van der Waals surface area contributed by atoms with E-state index in [1.165, 1.54) is 6.42 Å². The molecular formula is C29H31NO4. The second-order valence-corrected chi connectivity index (χ2v) is 9.38. The fourth-order valence-electron chi connectivity index (χ4n) is 4.98. The van der Waals surface area contributed by atoms with E-state index < -0.39 is 0 Å². The van der Waals surface area contributed by atoms with E-state index in [1.54, 1.807) is 30.3 Å². The van der Waals surface area contributed by atoms with Crippen molar-refractivity contribution >= 4 is 11.1 Å². The maximum absolute atomic E-state index is 10.1. The molecule has 1 unspecified atom stereocenters. The first kappa shape index (κ1) is 22.4. The summed E-state index contributed by atoms with van der Waals surface area (Å²) in [5.74, 6) is 2.75. The van der Waals surface area contributed by atoms with Gasteiger partial charge < -0.3 is 19.7 Å². The van der Waals surface area contributed by atoms with Crippen LogP contribution >= 0.6 is 0 Å². The highest BCUT2D eigenvalue weighted by atomic mass is 16.5. The van der Waals surface area contributed by atoms with Crippen LogP contribution in [0.1, 0.15) is 43.1 Å². The molecule has 34 heavy (non-hydrogen) atoms. The Morgan fingerprint density at radius 3 is 2.53 bits per heavy atom. The van der Waals surface area contributed by atoms with Crippen LogP contribution in [0, 0.1) is 5.92 Å². The molecule has 0 bridgehead atoms. The summed E-state index contributed by atoms with van der Waals surface area (Å²) in [5.41, 5.74) is 4.71. The van der Waals surface area contributed by atoms with Crippen molar-refractivity contribution in [3.63, 3.8) is 0 Å². The Labute approximate surface area is 200 Å². The van der Waals surface area contributed by atoms with Crippen molar-refractivity contribution in [3.8, 4) is 23.0 Å². The second kappa shape index (κ2) is 9.43. The van der Waals surface area contributed by atoms with Gasteiger partial charge in [-0.1, -0.05) is 31.2 Å². The van der Waals surface area contributed by atoms with Crippen LogP contribution in [0.2, 0.25) is 0 Å². The van der Waals surface area contributed by atoms with Gasteiger partial charge in [0.1, 0.15) is 35.7 Å². The Morgan fingerprint density at radius 2 is 1.79 bits per heavy atom. The van der Waals surface area contributed by atoms with Crippen molar-refractivity contribution in [1.82, 2.24) is 4.90 Å². The maximum Gasteiger partial charge on any atom is 0.150 e. The fraction of sp³-hybridized carbons (Fsp3) is 0.310. The molecule has 0 radical (unpaired) electrons. The number of allylic oxidation sites excluding steroid dienone is 1. The maximum atomic E-state index is 10.1. The van der Waals surface area contributed by atoms with Gasteiger partial charge in [-0.2, -0.15) is 0 Å². The SMILES string of the molecule is CC1=C(c2cccc(O)c2)C(c2ccc(OCCN3CC[C@H](C)C3)cc2)Oc2ccc(O)cc21. The zero-order chi connectivity index (χ0) is 23.7. The molecule has 2 aliphatic rings. The summed E-state index contributed by atoms with van der Waals surface area (Å²) in [6.07, 6.45) is 0.923. The van der Waals surface area contributed by atoms with Crippen molar-refractivity contribution in [2.24, 2.45) is 5.92 Å². The molecule has 3 aromatic carbocycles. The predicted octanol–water partition coefficient (Wildman–Crippen LogP) is 5.88. The van der Waals surface area contributed by atoms with Crippen LogP contribution in [0.15, 0.2) is 66.7 Å². The average molecular weight is 458 g/mol. The van der Waals surface area contributed by atoms with E-state index in [4.69, 9.17) is 9.47 Å². The molecule has 0 spiro atoms. The second-order valence-electron chi connectivity index (χ2n) is 9.38. The minimum absolute atomic E-state index is 0.195. The Kier molecular flexibility index (Phi) is 6.20. The van der Waals surface area contributed by atoms with E-state index in [0.717, 1.165) is 64.9 Å². The largest absolute Gasteiger partial charge is 0.508 e. The molecule has 1 saturated heterocycles. The van der Waals surface area contributed by atoms with Crippen LogP contribution in [-0.2, 0) is 0 Å². The first-order chi connectivity index (χ1) is 16.5. The van der Waals surface area contributed by atoms with Gasteiger partial charge in [-0.3, -0.25) is 4.90 Å².